The number of ether oxygens (including phenoxy) is 1. The van der Waals surface area contributed by atoms with Gasteiger partial charge in [-0.05, 0) is 42.0 Å². The third-order valence-corrected chi connectivity index (χ3v) is 3.31. The summed E-state index contributed by atoms with van der Waals surface area (Å²) in [5, 5.41) is 11.5. The van der Waals surface area contributed by atoms with E-state index in [2.05, 4.69) is 10.1 Å². The van der Waals surface area contributed by atoms with Crippen molar-refractivity contribution in [2.24, 2.45) is 0 Å². The van der Waals surface area contributed by atoms with Crippen molar-refractivity contribution in [3.05, 3.63) is 65.5 Å². The molecule has 26 heavy (non-hydrogen) atoms. The molecule has 0 bridgehead atoms. The first-order chi connectivity index (χ1) is 12.1. The van der Waals surface area contributed by atoms with E-state index in [4.69, 9.17) is 0 Å². The Labute approximate surface area is 145 Å². The maximum Gasteiger partial charge on any atom is 0.573 e. The number of amides is 1. The minimum atomic E-state index is -4.83. The lowest BCUT2D eigenvalue weighted by Crippen LogP contribution is -2.42. The van der Waals surface area contributed by atoms with Crippen molar-refractivity contribution in [2.45, 2.75) is 18.8 Å². The fourth-order valence-corrected chi connectivity index (χ4v) is 2.11. The highest BCUT2D eigenvalue weighted by Crippen LogP contribution is 2.23. The summed E-state index contributed by atoms with van der Waals surface area (Å²) >= 11 is 0. The van der Waals surface area contributed by atoms with Crippen LogP contribution in [0.2, 0.25) is 0 Å². The first-order valence-electron chi connectivity index (χ1n) is 7.28. The first-order valence-corrected chi connectivity index (χ1v) is 7.28. The predicted molar refractivity (Wildman–Crippen MR) is 82.1 cm³/mol. The molecule has 0 spiro atoms. The number of benzene rings is 2. The monoisotopic (exact) mass is 371 g/mol. The molecule has 1 atom stereocenters. The quantitative estimate of drug-likeness (QED) is 0.765. The van der Waals surface area contributed by atoms with Gasteiger partial charge in [0.2, 0.25) is 0 Å². The number of hydrogen-bond acceptors (Lipinski definition) is 3. The highest BCUT2D eigenvalue weighted by molar-refractivity contribution is 5.96. The van der Waals surface area contributed by atoms with E-state index in [1.165, 1.54) is 24.3 Å². The van der Waals surface area contributed by atoms with E-state index < -0.39 is 35.8 Å². The molecule has 1 unspecified atom stereocenters. The van der Waals surface area contributed by atoms with Gasteiger partial charge in [-0.1, -0.05) is 12.1 Å². The normalized spacial score (nSPS) is 12.3. The zero-order chi connectivity index (χ0) is 19.3. The molecule has 9 heteroatoms. The van der Waals surface area contributed by atoms with Gasteiger partial charge in [-0.3, -0.25) is 4.79 Å². The van der Waals surface area contributed by atoms with Gasteiger partial charge in [0.05, 0.1) is 0 Å². The Bertz CT molecular complexity index is 773. The van der Waals surface area contributed by atoms with E-state index in [-0.39, 0.29) is 12.0 Å². The fraction of sp³-hybridized carbons (Fsp3) is 0.176. The average Bonchev–Trinajstić information content (AvgIpc) is 2.55. The number of nitrogens with one attached hydrogen (secondary N) is 1. The molecule has 2 aromatic carbocycles. The largest absolute Gasteiger partial charge is 0.573 e. The van der Waals surface area contributed by atoms with Gasteiger partial charge in [0, 0.05) is 12.0 Å². The third-order valence-electron chi connectivity index (χ3n) is 3.31. The van der Waals surface area contributed by atoms with E-state index >= 15 is 0 Å². The van der Waals surface area contributed by atoms with Gasteiger partial charge in [-0.25, -0.2) is 9.18 Å². The van der Waals surface area contributed by atoms with Crippen molar-refractivity contribution in [1.29, 1.82) is 0 Å². The van der Waals surface area contributed by atoms with Crippen molar-refractivity contribution in [3.8, 4) is 5.75 Å². The van der Waals surface area contributed by atoms with E-state index in [0.29, 0.717) is 5.56 Å². The minimum absolute atomic E-state index is 0.0755. The Morgan fingerprint density at radius 2 is 1.62 bits per heavy atom. The number of carbonyl (C=O) groups is 2. The molecule has 0 aromatic heterocycles. The Balaban J connectivity index is 2.05. The van der Waals surface area contributed by atoms with E-state index in [9.17, 15) is 32.3 Å². The molecule has 2 aromatic rings. The lowest BCUT2D eigenvalue weighted by atomic mass is 10.1. The second-order valence-corrected chi connectivity index (χ2v) is 5.27. The maximum atomic E-state index is 12.9. The van der Waals surface area contributed by atoms with Gasteiger partial charge in [-0.2, -0.15) is 0 Å². The Hall–Kier alpha value is -3.10. The summed E-state index contributed by atoms with van der Waals surface area (Å²) in [6, 6.07) is 7.82. The van der Waals surface area contributed by atoms with Crippen molar-refractivity contribution in [3.63, 3.8) is 0 Å². The molecule has 0 radical (unpaired) electrons. The number of carboxylic acid groups (broad SMARTS) is 1. The summed E-state index contributed by atoms with van der Waals surface area (Å²) in [6.07, 6.45) is -4.98. The van der Waals surface area contributed by atoms with Gasteiger partial charge < -0.3 is 15.2 Å². The van der Waals surface area contributed by atoms with E-state index in [1.807, 2.05) is 0 Å². The summed E-state index contributed by atoms with van der Waals surface area (Å²) in [4.78, 5) is 23.4. The van der Waals surface area contributed by atoms with Crippen LogP contribution in [0.25, 0.3) is 0 Å². The van der Waals surface area contributed by atoms with Gasteiger partial charge in [-0.15, -0.1) is 13.2 Å². The van der Waals surface area contributed by atoms with Crippen LogP contribution >= 0.6 is 0 Å². The second-order valence-electron chi connectivity index (χ2n) is 5.27. The first kappa shape index (κ1) is 19.2. The number of halogens is 4. The SMILES string of the molecule is O=C(NC(Cc1ccc(OC(F)(F)F)cc1)C(=O)O)c1ccc(F)cc1. The smallest absolute Gasteiger partial charge is 0.480 e. The summed E-state index contributed by atoms with van der Waals surface area (Å²) in [7, 11) is 0. The number of rotatable bonds is 6. The molecular formula is C17H13F4NO4. The minimum Gasteiger partial charge on any atom is -0.480 e. The Morgan fingerprint density at radius 1 is 1.04 bits per heavy atom. The van der Waals surface area contributed by atoms with Crippen LogP contribution in [0.1, 0.15) is 15.9 Å². The summed E-state index contributed by atoms with van der Waals surface area (Å²) in [5.74, 6) is -3.02. The van der Waals surface area contributed by atoms with Crippen molar-refractivity contribution >= 4 is 11.9 Å². The molecule has 0 saturated heterocycles. The van der Waals surface area contributed by atoms with Gasteiger partial charge in [0.25, 0.3) is 5.91 Å². The van der Waals surface area contributed by atoms with Crippen LogP contribution in [0.5, 0.6) is 5.75 Å². The van der Waals surface area contributed by atoms with Crippen molar-refractivity contribution < 1.29 is 37.0 Å². The third kappa shape index (κ3) is 5.76. The molecular weight excluding hydrogens is 358 g/mol. The van der Waals surface area contributed by atoms with Crippen LogP contribution in [0.15, 0.2) is 48.5 Å². The molecule has 0 saturated carbocycles. The number of carboxylic acids is 1. The van der Waals surface area contributed by atoms with Crippen LogP contribution in [0.3, 0.4) is 0 Å². The molecule has 0 aliphatic rings. The number of hydrogen-bond donors (Lipinski definition) is 2. The summed E-state index contributed by atoms with van der Waals surface area (Å²) < 4.78 is 52.9. The van der Waals surface area contributed by atoms with Crippen LogP contribution in [0.4, 0.5) is 17.6 Å². The summed E-state index contributed by atoms with van der Waals surface area (Å²) in [6.45, 7) is 0. The molecule has 2 N–H and O–H groups in total. The zero-order valence-electron chi connectivity index (χ0n) is 13.1. The Morgan fingerprint density at radius 3 is 2.12 bits per heavy atom. The molecule has 138 valence electrons. The van der Waals surface area contributed by atoms with Gasteiger partial charge in [0.15, 0.2) is 0 Å². The highest BCUT2D eigenvalue weighted by Gasteiger charge is 2.31. The molecule has 2 rings (SSSR count). The van der Waals surface area contributed by atoms with Crippen molar-refractivity contribution in [1.82, 2.24) is 5.32 Å². The molecule has 5 nitrogen and oxygen atoms in total. The lowest BCUT2D eigenvalue weighted by molar-refractivity contribution is -0.274. The molecule has 0 aliphatic carbocycles. The second kappa shape index (κ2) is 7.85. The number of aliphatic carboxylic acids is 1. The fourth-order valence-electron chi connectivity index (χ4n) is 2.11. The van der Waals surface area contributed by atoms with Crippen LogP contribution < -0.4 is 10.1 Å². The van der Waals surface area contributed by atoms with Gasteiger partial charge >= 0.3 is 12.3 Å². The average molecular weight is 371 g/mol. The van der Waals surface area contributed by atoms with E-state index in [0.717, 1.165) is 24.3 Å². The molecule has 1 amide bonds. The standard InChI is InChI=1S/C17H13F4NO4/c18-12-5-3-11(4-6-12)15(23)22-14(16(24)25)9-10-1-7-13(8-2-10)26-17(19,20)21/h1-8,14H,9H2,(H,22,23)(H,24,25). The molecule has 0 aliphatic heterocycles. The molecule has 0 heterocycles. The van der Waals surface area contributed by atoms with E-state index in [1.54, 1.807) is 0 Å². The summed E-state index contributed by atoms with van der Waals surface area (Å²) in [5.41, 5.74) is 0.456. The van der Waals surface area contributed by atoms with Gasteiger partial charge in [0.1, 0.15) is 17.6 Å². The van der Waals surface area contributed by atoms with Crippen LogP contribution in [-0.2, 0) is 11.2 Å². The number of carbonyl (C=O) groups excluding carboxylic acids is 1. The van der Waals surface area contributed by atoms with Crippen LogP contribution in [-0.4, -0.2) is 29.4 Å². The molecule has 0 fully saturated rings. The predicted octanol–water partition coefficient (Wildman–Crippen LogP) is 3.15. The number of alkyl halides is 3. The van der Waals surface area contributed by atoms with Crippen LogP contribution in [0, 0.1) is 5.82 Å². The highest BCUT2D eigenvalue weighted by atomic mass is 19.4. The maximum absolute atomic E-state index is 12.9. The zero-order valence-corrected chi connectivity index (χ0v) is 13.1. The van der Waals surface area contributed by atoms with Crippen molar-refractivity contribution in [2.75, 3.05) is 0 Å². The topological polar surface area (TPSA) is 75.6 Å². The Kier molecular flexibility index (Phi) is 5.81. The lowest BCUT2D eigenvalue weighted by Gasteiger charge is -2.15.